The summed E-state index contributed by atoms with van der Waals surface area (Å²) in [6, 6.07) is 4.99. The predicted octanol–water partition coefficient (Wildman–Crippen LogP) is 2.54. The van der Waals surface area contributed by atoms with Gasteiger partial charge in [0.1, 0.15) is 0 Å². The molecule has 1 N–H and O–H groups in total. The standard InChI is InChI=1S/C15H23ClN2O2/c1-10-8-18(11(2)7-17-10)9-12-5-13(16)15(20-4)14(6-12)19-3/h5-6,10-11,17H,7-9H2,1-4H3. The smallest absolute Gasteiger partial charge is 0.179 e. The molecule has 0 aromatic heterocycles. The third-order valence-corrected chi connectivity index (χ3v) is 4.05. The highest BCUT2D eigenvalue weighted by Crippen LogP contribution is 2.36. The summed E-state index contributed by atoms with van der Waals surface area (Å²) in [4.78, 5) is 2.46. The van der Waals surface area contributed by atoms with Crippen LogP contribution in [0.25, 0.3) is 0 Å². The number of piperazine rings is 1. The van der Waals surface area contributed by atoms with Crippen molar-refractivity contribution >= 4 is 11.6 Å². The van der Waals surface area contributed by atoms with Crippen LogP contribution in [0.2, 0.25) is 5.02 Å². The molecule has 1 fully saturated rings. The van der Waals surface area contributed by atoms with Crippen LogP contribution in [0, 0.1) is 0 Å². The van der Waals surface area contributed by atoms with Crippen molar-refractivity contribution < 1.29 is 9.47 Å². The van der Waals surface area contributed by atoms with Gasteiger partial charge in [-0.3, -0.25) is 4.90 Å². The zero-order chi connectivity index (χ0) is 14.7. The molecular weight excluding hydrogens is 276 g/mol. The first-order chi connectivity index (χ1) is 9.55. The molecule has 2 rings (SSSR count). The molecule has 0 bridgehead atoms. The molecule has 2 atom stereocenters. The maximum Gasteiger partial charge on any atom is 0.179 e. The van der Waals surface area contributed by atoms with Crippen molar-refractivity contribution in [3.05, 3.63) is 22.7 Å². The molecule has 0 amide bonds. The predicted molar refractivity (Wildman–Crippen MR) is 81.9 cm³/mol. The van der Waals surface area contributed by atoms with Crippen molar-refractivity contribution in [2.45, 2.75) is 32.5 Å². The number of rotatable bonds is 4. The van der Waals surface area contributed by atoms with Crippen LogP contribution in [0.5, 0.6) is 11.5 Å². The van der Waals surface area contributed by atoms with Crippen LogP contribution in [-0.2, 0) is 6.54 Å². The third kappa shape index (κ3) is 3.37. The van der Waals surface area contributed by atoms with Gasteiger partial charge in [-0.25, -0.2) is 0 Å². The quantitative estimate of drug-likeness (QED) is 0.926. The van der Waals surface area contributed by atoms with E-state index < -0.39 is 0 Å². The summed E-state index contributed by atoms with van der Waals surface area (Å²) in [7, 11) is 3.23. The number of ether oxygens (including phenoxy) is 2. The van der Waals surface area contributed by atoms with Gasteiger partial charge in [-0.1, -0.05) is 11.6 Å². The number of benzene rings is 1. The van der Waals surface area contributed by atoms with E-state index in [0.717, 1.165) is 25.2 Å². The van der Waals surface area contributed by atoms with Crippen LogP contribution in [0.15, 0.2) is 12.1 Å². The van der Waals surface area contributed by atoms with Gasteiger partial charge in [-0.15, -0.1) is 0 Å². The van der Waals surface area contributed by atoms with Crippen LogP contribution >= 0.6 is 11.6 Å². The van der Waals surface area contributed by atoms with Gasteiger partial charge >= 0.3 is 0 Å². The molecule has 0 saturated carbocycles. The lowest BCUT2D eigenvalue weighted by Gasteiger charge is -2.37. The van der Waals surface area contributed by atoms with Gasteiger partial charge in [0, 0.05) is 31.7 Å². The van der Waals surface area contributed by atoms with E-state index in [1.165, 1.54) is 0 Å². The molecule has 1 aromatic rings. The lowest BCUT2D eigenvalue weighted by molar-refractivity contribution is 0.138. The van der Waals surface area contributed by atoms with Gasteiger partial charge in [0.15, 0.2) is 11.5 Å². The summed E-state index contributed by atoms with van der Waals surface area (Å²) >= 11 is 6.26. The fourth-order valence-corrected chi connectivity index (χ4v) is 2.93. The Bertz CT molecular complexity index is 467. The Balaban J connectivity index is 2.18. The molecule has 1 aliphatic heterocycles. The summed E-state index contributed by atoms with van der Waals surface area (Å²) in [6.45, 7) is 7.37. The van der Waals surface area contributed by atoms with E-state index >= 15 is 0 Å². The Hall–Kier alpha value is -0.970. The van der Waals surface area contributed by atoms with E-state index in [9.17, 15) is 0 Å². The van der Waals surface area contributed by atoms with E-state index in [-0.39, 0.29) is 0 Å². The lowest BCUT2D eigenvalue weighted by Crippen LogP contribution is -2.53. The molecule has 1 heterocycles. The number of nitrogens with zero attached hydrogens (tertiary/aromatic N) is 1. The SMILES string of the molecule is COc1cc(CN2CC(C)NCC2C)cc(Cl)c1OC. The maximum absolute atomic E-state index is 6.26. The number of hydrogen-bond acceptors (Lipinski definition) is 4. The van der Waals surface area contributed by atoms with Gasteiger partial charge in [-0.2, -0.15) is 0 Å². The Morgan fingerprint density at radius 3 is 2.70 bits per heavy atom. The van der Waals surface area contributed by atoms with E-state index in [1.807, 2.05) is 12.1 Å². The summed E-state index contributed by atoms with van der Waals surface area (Å²) in [6.07, 6.45) is 0. The first-order valence-electron chi connectivity index (χ1n) is 6.93. The largest absolute Gasteiger partial charge is 0.493 e. The molecule has 5 heteroatoms. The molecular formula is C15H23ClN2O2. The van der Waals surface area contributed by atoms with Crippen LogP contribution in [0.3, 0.4) is 0 Å². The van der Waals surface area contributed by atoms with Gasteiger partial charge in [0.05, 0.1) is 19.2 Å². The summed E-state index contributed by atoms with van der Waals surface area (Å²) in [5.41, 5.74) is 1.15. The highest BCUT2D eigenvalue weighted by atomic mass is 35.5. The first kappa shape index (κ1) is 15.4. The van der Waals surface area contributed by atoms with E-state index in [4.69, 9.17) is 21.1 Å². The number of methoxy groups -OCH3 is 2. The number of hydrogen-bond donors (Lipinski definition) is 1. The highest BCUT2D eigenvalue weighted by Gasteiger charge is 2.23. The summed E-state index contributed by atoms with van der Waals surface area (Å²) in [5, 5.41) is 4.08. The van der Waals surface area contributed by atoms with E-state index in [0.29, 0.717) is 28.6 Å². The third-order valence-electron chi connectivity index (χ3n) is 3.77. The average Bonchev–Trinajstić information content (AvgIpc) is 2.42. The van der Waals surface area contributed by atoms with Crippen molar-refractivity contribution in [3.63, 3.8) is 0 Å². The zero-order valence-corrected chi connectivity index (χ0v) is 13.3. The van der Waals surface area contributed by atoms with Crippen LogP contribution in [0.1, 0.15) is 19.4 Å². The second kappa shape index (κ2) is 6.66. The van der Waals surface area contributed by atoms with Gasteiger partial charge < -0.3 is 14.8 Å². The molecule has 0 radical (unpaired) electrons. The second-order valence-corrected chi connectivity index (χ2v) is 5.81. The average molecular weight is 299 g/mol. The van der Waals surface area contributed by atoms with Crippen molar-refractivity contribution in [2.24, 2.45) is 0 Å². The van der Waals surface area contributed by atoms with E-state index in [2.05, 4.69) is 24.1 Å². The summed E-state index contributed by atoms with van der Waals surface area (Å²) in [5.74, 6) is 1.28. The minimum Gasteiger partial charge on any atom is -0.493 e. The Morgan fingerprint density at radius 1 is 1.30 bits per heavy atom. The molecule has 0 spiro atoms. The fourth-order valence-electron chi connectivity index (χ4n) is 2.61. The molecule has 2 unspecified atom stereocenters. The van der Waals surface area contributed by atoms with Gasteiger partial charge in [0.25, 0.3) is 0 Å². The second-order valence-electron chi connectivity index (χ2n) is 5.40. The Kier molecular flexibility index (Phi) is 5.13. The topological polar surface area (TPSA) is 33.7 Å². The van der Waals surface area contributed by atoms with E-state index in [1.54, 1.807) is 14.2 Å². The molecule has 0 aliphatic carbocycles. The molecule has 1 aromatic carbocycles. The fraction of sp³-hybridized carbons (Fsp3) is 0.600. The number of nitrogens with one attached hydrogen (secondary N) is 1. The normalized spacial score (nSPS) is 23.6. The molecule has 20 heavy (non-hydrogen) atoms. The highest BCUT2D eigenvalue weighted by molar-refractivity contribution is 6.32. The minimum absolute atomic E-state index is 0.512. The molecule has 1 saturated heterocycles. The minimum atomic E-state index is 0.512. The first-order valence-corrected chi connectivity index (χ1v) is 7.30. The zero-order valence-electron chi connectivity index (χ0n) is 12.6. The van der Waals surface area contributed by atoms with Gasteiger partial charge in [-0.05, 0) is 31.5 Å². The molecule has 112 valence electrons. The molecule has 1 aliphatic rings. The Morgan fingerprint density at radius 2 is 2.05 bits per heavy atom. The van der Waals surface area contributed by atoms with Crippen LogP contribution in [-0.4, -0.2) is 44.3 Å². The number of halogens is 1. The van der Waals surface area contributed by atoms with Crippen LogP contribution in [0.4, 0.5) is 0 Å². The van der Waals surface area contributed by atoms with Crippen LogP contribution < -0.4 is 14.8 Å². The molecule has 4 nitrogen and oxygen atoms in total. The van der Waals surface area contributed by atoms with Crippen molar-refractivity contribution in [1.29, 1.82) is 0 Å². The van der Waals surface area contributed by atoms with Crippen molar-refractivity contribution in [2.75, 3.05) is 27.3 Å². The lowest BCUT2D eigenvalue weighted by atomic mass is 10.1. The Labute approximate surface area is 126 Å². The maximum atomic E-state index is 6.26. The van der Waals surface area contributed by atoms with Crippen molar-refractivity contribution in [1.82, 2.24) is 10.2 Å². The van der Waals surface area contributed by atoms with Crippen molar-refractivity contribution in [3.8, 4) is 11.5 Å². The monoisotopic (exact) mass is 298 g/mol. The van der Waals surface area contributed by atoms with Gasteiger partial charge in [0.2, 0.25) is 0 Å². The summed E-state index contributed by atoms with van der Waals surface area (Å²) < 4.78 is 10.6.